The van der Waals surface area contributed by atoms with Gasteiger partial charge in [-0.2, -0.15) is 0 Å². The molecule has 0 saturated carbocycles. The number of nitrogens with zero attached hydrogens (tertiary/aromatic N) is 2. The Morgan fingerprint density at radius 2 is 1.91 bits per heavy atom. The Bertz CT molecular complexity index is 1220. The number of nitrogens with two attached hydrogens (primary N) is 1. The number of hydrogen-bond donors (Lipinski definition) is 2. The number of fused-ring (bicyclic) bond motifs is 1. The second-order valence-corrected chi connectivity index (χ2v) is 9.60. The molecule has 35 heavy (non-hydrogen) atoms. The molecule has 2 aliphatic rings. The van der Waals surface area contributed by atoms with Crippen molar-refractivity contribution < 1.29 is 24.0 Å². The second-order valence-electron chi connectivity index (χ2n) is 8.05. The fourth-order valence-corrected chi connectivity index (χ4v) is 5.18. The molecule has 4 rings (SSSR count). The molecule has 12 heteroatoms. The number of benzene rings is 2. The highest BCUT2D eigenvalue weighted by molar-refractivity contribution is 8.00. The van der Waals surface area contributed by atoms with Gasteiger partial charge in [-0.25, -0.2) is 4.79 Å². The van der Waals surface area contributed by atoms with Crippen LogP contribution in [-0.4, -0.2) is 44.8 Å². The summed E-state index contributed by atoms with van der Waals surface area (Å²) in [6.07, 6.45) is 0. The molecule has 182 valence electrons. The van der Waals surface area contributed by atoms with Crippen molar-refractivity contribution >= 4 is 46.8 Å². The maximum absolute atomic E-state index is 12.9. The summed E-state index contributed by atoms with van der Waals surface area (Å²) < 4.78 is 5.37. The van der Waals surface area contributed by atoms with Crippen LogP contribution in [0.15, 0.2) is 59.8 Å². The van der Waals surface area contributed by atoms with Gasteiger partial charge in [-0.1, -0.05) is 23.7 Å². The number of esters is 1. The van der Waals surface area contributed by atoms with Crippen LogP contribution in [0.4, 0.5) is 5.69 Å². The van der Waals surface area contributed by atoms with Crippen molar-refractivity contribution in [2.75, 3.05) is 5.75 Å². The maximum atomic E-state index is 12.9. The summed E-state index contributed by atoms with van der Waals surface area (Å²) in [6.45, 7) is 1.63. The molecule has 3 atom stereocenters. The van der Waals surface area contributed by atoms with Gasteiger partial charge in [0.25, 0.3) is 11.6 Å². The van der Waals surface area contributed by atoms with Gasteiger partial charge < -0.3 is 15.8 Å². The summed E-state index contributed by atoms with van der Waals surface area (Å²) in [4.78, 5) is 50.0. The summed E-state index contributed by atoms with van der Waals surface area (Å²) >= 11 is 7.30. The van der Waals surface area contributed by atoms with Gasteiger partial charge in [0.05, 0.1) is 4.92 Å². The van der Waals surface area contributed by atoms with Crippen molar-refractivity contribution in [2.45, 2.75) is 31.0 Å². The minimum Gasteiger partial charge on any atom is -0.456 e. The monoisotopic (exact) mass is 516 g/mol. The molecule has 1 fully saturated rings. The normalized spacial score (nSPS) is 20.0. The van der Waals surface area contributed by atoms with E-state index in [9.17, 15) is 24.5 Å². The molecule has 2 aromatic carbocycles. The third-order valence-corrected chi connectivity index (χ3v) is 7.35. The molecular weight excluding hydrogens is 496 g/mol. The first-order chi connectivity index (χ1) is 16.7. The van der Waals surface area contributed by atoms with Crippen molar-refractivity contribution in [3.05, 3.63) is 86.1 Å². The summed E-state index contributed by atoms with van der Waals surface area (Å²) in [7, 11) is 0. The Morgan fingerprint density at radius 3 is 2.54 bits per heavy atom. The number of thioether (sulfide) groups is 1. The lowest BCUT2D eigenvalue weighted by atomic mass is 10.0. The molecule has 0 spiro atoms. The minimum absolute atomic E-state index is 0.0687. The Kier molecular flexibility index (Phi) is 7.10. The first kappa shape index (κ1) is 24.7. The van der Waals surface area contributed by atoms with E-state index < -0.39 is 40.2 Å². The number of nitrogens with one attached hydrogen (secondary N) is 1. The van der Waals surface area contributed by atoms with E-state index in [0.717, 1.165) is 0 Å². The van der Waals surface area contributed by atoms with E-state index in [1.807, 2.05) is 0 Å². The summed E-state index contributed by atoms with van der Waals surface area (Å²) in [6, 6.07) is 10.4. The molecule has 2 unspecified atom stereocenters. The van der Waals surface area contributed by atoms with E-state index in [2.05, 4.69) is 5.32 Å². The van der Waals surface area contributed by atoms with Gasteiger partial charge in [-0.3, -0.25) is 24.6 Å². The van der Waals surface area contributed by atoms with E-state index in [1.54, 1.807) is 31.2 Å². The van der Waals surface area contributed by atoms with Gasteiger partial charge in [0.2, 0.25) is 5.91 Å². The van der Waals surface area contributed by atoms with Crippen molar-refractivity contribution in [1.82, 2.24) is 10.2 Å². The van der Waals surface area contributed by atoms with Crippen LogP contribution in [0.1, 0.15) is 24.1 Å². The number of amides is 2. The highest BCUT2D eigenvalue weighted by Gasteiger charge is 2.54. The Hall–Kier alpha value is -3.41. The Labute approximate surface area is 209 Å². The number of carbonyl (C=O) groups is 3. The average Bonchev–Trinajstić information content (AvgIpc) is 2.85. The second kappa shape index (κ2) is 10.1. The molecule has 2 aliphatic heterocycles. The zero-order valence-corrected chi connectivity index (χ0v) is 20.0. The van der Waals surface area contributed by atoms with Crippen LogP contribution in [0.25, 0.3) is 0 Å². The van der Waals surface area contributed by atoms with Crippen LogP contribution in [0.2, 0.25) is 5.02 Å². The number of β-lactam (4-membered cyclic amide) rings is 1. The molecule has 2 aromatic rings. The smallest absolute Gasteiger partial charge is 0.355 e. The fraction of sp³-hybridized carbons (Fsp3) is 0.261. The van der Waals surface area contributed by atoms with Crippen molar-refractivity contribution in [3.8, 4) is 0 Å². The number of rotatable bonds is 7. The highest BCUT2D eigenvalue weighted by atomic mass is 35.5. The third-order valence-electron chi connectivity index (χ3n) is 5.68. The predicted octanol–water partition coefficient (Wildman–Crippen LogP) is 2.67. The van der Waals surface area contributed by atoms with Crippen molar-refractivity contribution in [3.63, 3.8) is 0 Å². The fourth-order valence-electron chi connectivity index (χ4n) is 3.76. The molecular formula is C23H21ClN4O6S. The predicted molar refractivity (Wildman–Crippen MR) is 129 cm³/mol. The zero-order valence-electron chi connectivity index (χ0n) is 18.5. The number of nitro groups is 1. The van der Waals surface area contributed by atoms with E-state index in [1.165, 1.54) is 40.9 Å². The van der Waals surface area contributed by atoms with Crippen LogP contribution in [0, 0.1) is 10.1 Å². The van der Waals surface area contributed by atoms with E-state index >= 15 is 0 Å². The summed E-state index contributed by atoms with van der Waals surface area (Å²) in [5, 5.41) is 13.5. The standard InChI is InChI=1S/C23H21ClN4O6S/c1-12-11-35-22-18(26-20(29)17(25)14-4-6-15(24)7-5-14)21(30)27(22)19(12)23(31)34-10-13-2-8-16(9-3-13)28(32)33/h2-9,17-18,22H,10-11,25H2,1H3,(H,26,29)/t17?,18?,22-/m1/s1. The first-order valence-electron chi connectivity index (χ1n) is 10.5. The lowest BCUT2D eigenvalue weighted by molar-refractivity contribution is -0.384. The quantitative estimate of drug-likeness (QED) is 0.247. The summed E-state index contributed by atoms with van der Waals surface area (Å²) in [5.41, 5.74) is 7.92. The van der Waals surface area contributed by atoms with Gasteiger partial charge >= 0.3 is 5.97 Å². The van der Waals surface area contributed by atoms with Crippen LogP contribution in [-0.2, 0) is 25.7 Å². The number of non-ortho nitro benzene ring substituents is 1. The molecule has 0 radical (unpaired) electrons. The van der Waals surface area contributed by atoms with Crippen LogP contribution < -0.4 is 11.1 Å². The molecule has 3 N–H and O–H groups in total. The van der Waals surface area contributed by atoms with Gasteiger partial charge in [0, 0.05) is 22.9 Å². The van der Waals surface area contributed by atoms with Gasteiger partial charge in [-0.15, -0.1) is 11.8 Å². The van der Waals surface area contributed by atoms with E-state index in [0.29, 0.717) is 27.5 Å². The van der Waals surface area contributed by atoms with Gasteiger partial charge in [0.1, 0.15) is 29.8 Å². The number of ether oxygens (including phenoxy) is 1. The molecule has 10 nitrogen and oxygen atoms in total. The number of hydrogen-bond acceptors (Lipinski definition) is 8. The molecule has 2 heterocycles. The lowest BCUT2D eigenvalue weighted by Gasteiger charge is -2.49. The number of nitro benzene ring substituents is 1. The molecule has 2 amide bonds. The third kappa shape index (κ3) is 5.02. The Balaban J connectivity index is 1.39. The lowest BCUT2D eigenvalue weighted by Crippen LogP contribution is -2.71. The molecule has 0 aliphatic carbocycles. The summed E-state index contributed by atoms with van der Waals surface area (Å²) in [5.74, 6) is -1.14. The molecule has 0 aromatic heterocycles. The molecule has 1 saturated heterocycles. The Morgan fingerprint density at radius 1 is 1.26 bits per heavy atom. The van der Waals surface area contributed by atoms with Crippen molar-refractivity contribution in [2.24, 2.45) is 5.73 Å². The SMILES string of the molecule is CC1=C(C(=O)OCc2ccc([N+](=O)[O-])cc2)N2C(=O)C(NC(=O)C(N)c3ccc(Cl)cc3)[C@H]2SC1. The minimum atomic E-state index is -0.980. The van der Waals surface area contributed by atoms with Gasteiger partial charge in [-0.05, 0) is 47.9 Å². The molecule has 0 bridgehead atoms. The van der Waals surface area contributed by atoms with Crippen LogP contribution >= 0.6 is 23.4 Å². The van der Waals surface area contributed by atoms with Crippen LogP contribution in [0.5, 0.6) is 0 Å². The van der Waals surface area contributed by atoms with Gasteiger partial charge in [0.15, 0.2) is 0 Å². The average molecular weight is 517 g/mol. The topological polar surface area (TPSA) is 145 Å². The van der Waals surface area contributed by atoms with E-state index in [-0.39, 0.29) is 18.0 Å². The van der Waals surface area contributed by atoms with Crippen molar-refractivity contribution in [1.29, 1.82) is 0 Å². The maximum Gasteiger partial charge on any atom is 0.355 e. The van der Waals surface area contributed by atoms with Crippen LogP contribution in [0.3, 0.4) is 0 Å². The number of halogens is 1. The number of carbonyl (C=O) groups excluding carboxylic acids is 3. The highest BCUT2D eigenvalue weighted by Crippen LogP contribution is 2.40. The zero-order chi connectivity index (χ0) is 25.3. The largest absolute Gasteiger partial charge is 0.456 e. The van der Waals surface area contributed by atoms with E-state index in [4.69, 9.17) is 22.1 Å². The first-order valence-corrected chi connectivity index (χ1v) is 12.0.